The van der Waals surface area contributed by atoms with Crippen LogP contribution in [0.1, 0.15) is 29.4 Å². The fourth-order valence-electron chi connectivity index (χ4n) is 2.61. The first-order valence-electron chi connectivity index (χ1n) is 7.62. The van der Waals surface area contributed by atoms with Crippen LogP contribution in [0.3, 0.4) is 0 Å². The van der Waals surface area contributed by atoms with Gasteiger partial charge in [0.15, 0.2) is 5.17 Å². The molecule has 2 heterocycles. The number of hydrogen-bond acceptors (Lipinski definition) is 6. The molecular weight excluding hydrogens is 343 g/mol. The number of aromatic hydroxyl groups is 1. The first kappa shape index (κ1) is 17.2. The summed E-state index contributed by atoms with van der Waals surface area (Å²) in [5.74, 6) is -0.130. The van der Waals surface area contributed by atoms with Crippen molar-refractivity contribution in [2.75, 3.05) is 11.1 Å². The third-order valence-corrected chi connectivity index (χ3v) is 4.78. The van der Waals surface area contributed by atoms with Gasteiger partial charge in [0.25, 0.3) is 5.91 Å². The van der Waals surface area contributed by atoms with Gasteiger partial charge in [-0.2, -0.15) is 0 Å². The lowest BCUT2D eigenvalue weighted by Gasteiger charge is -2.30. The van der Waals surface area contributed by atoms with E-state index in [0.29, 0.717) is 22.8 Å². The number of halogens is 1. The highest BCUT2D eigenvalue weighted by molar-refractivity contribution is 8.13. The Balaban J connectivity index is 1.88. The summed E-state index contributed by atoms with van der Waals surface area (Å²) in [6.45, 7) is 1.82. The third kappa shape index (κ3) is 3.74. The van der Waals surface area contributed by atoms with Crippen LogP contribution < -0.4 is 11.1 Å². The van der Waals surface area contributed by atoms with Gasteiger partial charge >= 0.3 is 0 Å². The van der Waals surface area contributed by atoms with Crippen LogP contribution in [-0.4, -0.2) is 26.9 Å². The molecular formula is C17H17FN4O2S. The topological polar surface area (TPSA) is 101 Å². The molecule has 0 saturated heterocycles. The van der Waals surface area contributed by atoms with Gasteiger partial charge in [-0.25, -0.2) is 9.37 Å². The Bertz CT molecular complexity index is 841. The third-order valence-electron chi connectivity index (χ3n) is 3.98. The van der Waals surface area contributed by atoms with E-state index in [0.717, 1.165) is 5.75 Å². The predicted octanol–water partition coefficient (Wildman–Crippen LogP) is 2.85. The molecule has 4 N–H and O–H groups in total. The molecule has 2 aromatic rings. The first-order chi connectivity index (χ1) is 11.9. The number of anilines is 1. The summed E-state index contributed by atoms with van der Waals surface area (Å²) in [6, 6.07) is 7.12. The van der Waals surface area contributed by atoms with Gasteiger partial charge in [-0.3, -0.25) is 9.79 Å². The molecule has 8 heteroatoms. The average molecular weight is 360 g/mol. The minimum Gasteiger partial charge on any atom is -0.506 e. The first-order valence-corrected chi connectivity index (χ1v) is 8.60. The quantitative estimate of drug-likeness (QED) is 0.781. The molecule has 0 aliphatic carbocycles. The molecule has 0 unspecified atom stereocenters. The van der Waals surface area contributed by atoms with E-state index in [4.69, 9.17) is 5.73 Å². The second-order valence-electron chi connectivity index (χ2n) is 5.87. The zero-order valence-corrected chi connectivity index (χ0v) is 14.3. The number of rotatable bonds is 3. The van der Waals surface area contributed by atoms with E-state index in [-0.39, 0.29) is 11.4 Å². The van der Waals surface area contributed by atoms with Gasteiger partial charge in [0, 0.05) is 17.0 Å². The van der Waals surface area contributed by atoms with Gasteiger partial charge in [-0.1, -0.05) is 11.8 Å². The van der Waals surface area contributed by atoms with Crippen molar-refractivity contribution < 1.29 is 14.3 Å². The molecule has 1 aromatic carbocycles. The molecule has 0 spiro atoms. The summed E-state index contributed by atoms with van der Waals surface area (Å²) in [5.41, 5.74) is 5.99. The summed E-state index contributed by atoms with van der Waals surface area (Å²) in [7, 11) is 0. The largest absolute Gasteiger partial charge is 0.506 e. The predicted molar refractivity (Wildman–Crippen MR) is 96.3 cm³/mol. The normalized spacial score (nSPS) is 20.0. The van der Waals surface area contributed by atoms with Crippen LogP contribution in [-0.2, 0) is 5.54 Å². The Morgan fingerprint density at radius 1 is 1.40 bits per heavy atom. The highest BCUT2D eigenvalue weighted by Crippen LogP contribution is 2.37. The maximum Gasteiger partial charge on any atom is 0.274 e. The molecule has 1 amide bonds. The Morgan fingerprint density at radius 2 is 2.20 bits per heavy atom. The van der Waals surface area contributed by atoms with E-state index in [1.165, 1.54) is 42.2 Å². The lowest BCUT2D eigenvalue weighted by Crippen LogP contribution is -2.29. The number of carbonyl (C=O) groups is 1. The van der Waals surface area contributed by atoms with Crippen molar-refractivity contribution in [2.24, 2.45) is 10.7 Å². The maximum atomic E-state index is 14.4. The zero-order chi connectivity index (χ0) is 18.0. The Kier molecular flexibility index (Phi) is 4.63. The summed E-state index contributed by atoms with van der Waals surface area (Å²) >= 11 is 1.44. The number of carbonyl (C=O) groups excluding carboxylic acids is 1. The molecule has 130 valence electrons. The van der Waals surface area contributed by atoms with Crippen LogP contribution in [0.2, 0.25) is 0 Å². The molecule has 25 heavy (non-hydrogen) atoms. The van der Waals surface area contributed by atoms with Crippen LogP contribution in [0, 0.1) is 5.82 Å². The van der Waals surface area contributed by atoms with E-state index >= 15 is 0 Å². The number of amidine groups is 1. The number of nitrogens with zero attached hydrogens (tertiary/aromatic N) is 2. The second kappa shape index (κ2) is 6.72. The minimum atomic E-state index is -0.767. The number of aliphatic imine (C=N–C) groups is 1. The number of thioether (sulfide) groups is 1. The molecule has 0 fully saturated rings. The van der Waals surface area contributed by atoms with Gasteiger partial charge in [-0.05, 0) is 43.7 Å². The van der Waals surface area contributed by atoms with Crippen molar-refractivity contribution in [3.05, 3.63) is 53.6 Å². The fraction of sp³-hybridized carbons (Fsp3) is 0.235. The van der Waals surface area contributed by atoms with Crippen LogP contribution in [0.15, 0.2) is 41.5 Å². The van der Waals surface area contributed by atoms with Crippen molar-refractivity contribution in [2.45, 2.75) is 18.9 Å². The number of nitrogens with two attached hydrogens (primary N) is 1. The summed E-state index contributed by atoms with van der Waals surface area (Å²) in [6.07, 6.45) is 1.83. The zero-order valence-electron chi connectivity index (χ0n) is 13.5. The second-order valence-corrected chi connectivity index (χ2v) is 6.99. The number of pyridine rings is 1. The van der Waals surface area contributed by atoms with E-state index in [1.807, 2.05) is 6.92 Å². The van der Waals surface area contributed by atoms with Gasteiger partial charge in [0.1, 0.15) is 17.3 Å². The Labute approximate surface area is 148 Å². The molecule has 1 atom stereocenters. The van der Waals surface area contributed by atoms with Crippen LogP contribution in [0.4, 0.5) is 10.1 Å². The van der Waals surface area contributed by atoms with Crippen molar-refractivity contribution in [1.82, 2.24) is 4.98 Å². The maximum absolute atomic E-state index is 14.4. The van der Waals surface area contributed by atoms with Gasteiger partial charge in [0.2, 0.25) is 0 Å². The summed E-state index contributed by atoms with van der Waals surface area (Å²) in [5, 5.41) is 12.3. The van der Waals surface area contributed by atoms with Crippen LogP contribution in [0.5, 0.6) is 5.75 Å². The number of benzene rings is 1. The lowest BCUT2D eigenvalue weighted by molar-refractivity contribution is 0.102. The average Bonchev–Trinajstić information content (AvgIpc) is 2.57. The van der Waals surface area contributed by atoms with Gasteiger partial charge in [-0.15, -0.1) is 0 Å². The number of nitrogens with one attached hydrogen (secondary N) is 1. The summed E-state index contributed by atoms with van der Waals surface area (Å²) < 4.78 is 14.4. The molecule has 0 radical (unpaired) electrons. The van der Waals surface area contributed by atoms with Crippen molar-refractivity contribution >= 4 is 28.5 Å². The highest BCUT2D eigenvalue weighted by Gasteiger charge is 2.32. The molecule has 3 rings (SSSR count). The fourth-order valence-corrected chi connectivity index (χ4v) is 3.59. The van der Waals surface area contributed by atoms with E-state index in [2.05, 4.69) is 15.3 Å². The standard InChI is InChI=1S/C17H17FN4O2S/c1-17(6-7-25-16(19)22-17)12-8-10(2-4-13(12)18)21-15(24)14-5-3-11(23)9-20-14/h2-5,8-9,23H,6-7H2,1H3,(H2,19,22)(H,21,24)/t17-/m0/s1. The number of amides is 1. The molecule has 1 aliphatic rings. The van der Waals surface area contributed by atoms with Gasteiger partial charge < -0.3 is 16.2 Å². The lowest BCUT2D eigenvalue weighted by atomic mass is 9.89. The van der Waals surface area contributed by atoms with Crippen molar-refractivity contribution in [3.8, 4) is 5.75 Å². The Morgan fingerprint density at radius 3 is 2.88 bits per heavy atom. The molecule has 1 aromatic heterocycles. The molecule has 0 saturated carbocycles. The van der Waals surface area contributed by atoms with Crippen molar-refractivity contribution in [3.63, 3.8) is 0 Å². The van der Waals surface area contributed by atoms with Crippen molar-refractivity contribution in [1.29, 1.82) is 0 Å². The van der Waals surface area contributed by atoms with E-state index in [1.54, 1.807) is 6.07 Å². The molecule has 1 aliphatic heterocycles. The monoisotopic (exact) mass is 360 g/mol. The molecule has 0 bridgehead atoms. The van der Waals surface area contributed by atoms with Crippen LogP contribution >= 0.6 is 11.8 Å². The number of aromatic nitrogens is 1. The van der Waals surface area contributed by atoms with Crippen LogP contribution in [0.25, 0.3) is 0 Å². The molecule has 6 nitrogen and oxygen atoms in total. The number of hydrogen-bond donors (Lipinski definition) is 3. The van der Waals surface area contributed by atoms with E-state index < -0.39 is 17.3 Å². The SMILES string of the molecule is C[C@@]1(c2cc(NC(=O)c3ccc(O)cn3)ccc2F)CCSC(N)=N1. The Hall–Kier alpha value is -2.61. The summed E-state index contributed by atoms with van der Waals surface area (Å²) in [4.78, 5) is 20.5. The van der Waals surface area contributed by atoms with E-state index in [9.17, 15) is 14.3 Å². The smallest absolute Gasteiger partial charge is 0.274 e. The van der Waals surface area contributed by atoms with Gasteiger partial charge in [0.05, 0.1) is 11.7 Å². The highest BCUT2D eigenvalue weighted by atomic mass is 32.2. The minimum absolute atomic E-state index is 0.0286.